The van der Waals surface area contributed by atoms with Crippen LogP contribution in [0.1, 0.15) is 0 Å². The average molecular weight is 213 g/mol. The Morgan fingerprint density at radius 1 is 1.23 bits per heavy atom. The molecule has 0 unspecified atom stereocenters. The van der Waals surface area contributed by atoms with Gasteiger partial charge in [0.1, 0.15) is 0 Å². The second-order valence-electron chi connectivity index (χ2n) is 2.67. The van der Waals surface area contributed by atoms with E-state index in [0.717, 1.165) is 10.9 Å². The van der Waals surface area contributed by atoms with E-state index in [1.54, 1.807) is 12.1 Å². The second kappa shape index (κ2) is 3.05. The van der Waals surface area contributed by atoms with E-state index in [2.05, 4.69) is 4.98 Å². The summed E-state index contributed by atoms with van der Waals surface area (Å²) in [5, 5.41) is 1.77. The number of aromatic nitrogens is 1. The molecular weight excluding hydrogens is 207 g/mol. The average Bonchev–Trinajstić information content (AvgIpc) is 2.09. The van der Waals surface area contributed by atoms with Crippen LogP contribution in [0.4, 0.5) is 5.69 Å². The second-order valence-corrected chi connectivity index (χ2v) is 3.44. The van der Waals surface area contributed by atoms with E-state index in [1.807, 2.05) is 12.1 Å². The first-order valence-electron chi connectivity index (χ1n) is 3.69. The van der Waals surface area contributed by atoms with Gasteiger partial charge < -0.3 is 5.73 Å². The number of hydrogen-bond acceptors (Lipinski definition) is 2. The van der Waals surface area contributed by atoms with Gasteiger partial charge in [-0.1, -0.05) is 29.3 Å². The third-order valence-corrected chi connectivity index (χ3v) is 2.42. The summed E-state index contributed by atoms with van der Waals surface area (Å²) in [4.78, 5) is 4.09. The molecule has 0 aliphatic carbocycles. The molecule has 4 heteroatoms. The van der Waals surface area contributed by atoms with Gasteiger partial charge in [-0.3, -0.25) is 0 Å². The molecule has 66 valence electrons. The van der Waals surface area contributed by atoms with Crippen molar-refractivity contribution in [3.05, 3.63) is 34.4 Å². The molecule has 1 heterocycles. The van der Waals surface area contributed by atoms with Crippen LogP contribution in [-0.2, 0) is 0 Å². The Bertz CT molecular complexity index is 468. The monoisotopic (exact) mass is 212 g/mol. The summed E-state index contributed by atoms with van der Waals surface area (Å²) in [5.74, 6) is 0. The first kappa shape index (κ1) is 8.60. The van der Waals surface area contributed by atoms with Crippen LogP contribution in [0, 0.1) is 0 Å². The number of nitrogens with zero attached hydrogens (tertiary/aromatic N) is 1. The van der Waals surface area contributed by atoms with Gasteiger partial charge in [-0.2, -0.15) is 0 Å². The molecule has 0 aliphatic rings. The largest absolute Gasteiger partial charge is 0.396 e. The van der Waals surface area contributed by atoms with Crippen molar-refractivity contribution >= 4 is 39.8 Å². The normalized spacial score (nSPS) is 10.6. The summed E-state index contributed by atoms with van der Waals surface area (Å²) in [6, 6.07) is 7.18. The van der Waals surface area contributed by atoms with Crippen LogP contribution in [0.5, 0.6) is 0 Å². The molecule has 0 saturated carbocycles. The smallest absolute Gasteiger partial charge is 0.152 e. The van der Waals surface area contributed by atoms with Gasteiger partial charge in [-0.15, -0.1) is 0 Å². The van der Waals surface area contributed by atoms with Gasteiger partial charge in [0.25, 0.3) is 0 Å². The van der Waals surface area contributed by atoms with E-state index < -0.39 is 0 Å². The number of pyridine rings is 1. The van der Waals surface area contributed by atoms with Gasteiger partial charge in [0, 0.05) is 5.39 Å². The van der Waals surface area contributed by atoms with Gasteiger partial charge in [-0.05, 0) is 18.2 Å². The van der Waals surface area contributed by atoms with Crippen molar-refractivity contribution in [3.8, 4) is 0 Å². The fourth-order valence-electron chi connectivity index (χ4n) is 1.15. The highest BCUT2D eigenvalue weighted by Gasteiger charge is 2.03. The maximum Gasteiger partial charge on any atom is 0.152 e. The number of anilines is 1. The molecule has 1 aromatic heterocycles. The highest BCUT2D eigenvalue weighted by Crippen LogP contribution is 2.27. The number of rotatable bonds is 0. The molecule has 0 fully saturated rings. The molecule has 0 radical (unpaired) electrons. The van der Waals surface area contributed by atoms with Crippen LogP contribution >= 0.6 is 23.2 Å². The lowest BCUT2D eigenvalue weighted by Gasteiger charge is -2.02. The Morgan fingerprint density at radius 2 is 2.00 bits per heavy atom. The predicted octanol–water partition coefficient (Wildman–Crippen LogP) is 3.12. The van der Waals surface area contributed by atoms with Crippen molar-refractivity contribution in [2.24, 2.45) is 0 Å². The van der Waals surface area contributed by atoms with E-state index in [9.17, 15) is 0 Å². The minimum absolute atomic E-state index is 0.315. The Labute approximate surface area is 85.3 Å². The molecule has 2 aromatic rings. The standard InChI is InChI=1S/C9H6Cl2N2/c10-6-2-1-3-8-5(6)4-7(12)9(11)13-8/h1-4H,12H2. The summed E-state index contributed by atoms with van der Waals surface area (Å²) < 4.78 is 0. The number of nitrogens with two attached hydrogens (primary N) is 1. The van der Waals surface area contributed by atoms with E-state index in [0.29, 0.717) is 15.9 Å². The van der Waals surface area contributed by atoms with Crippen molar-refractivity contribution in [2.45, 2.75) is 0 Å². The Morgan fingerprint density at radius 3 is 2.77 bits per heavy atom. The van der Waals surface area contributed by atoms with E-state index in [-0.39, 0.29) is 0 Å². The van der Waals surface area contributed by atoms with Gasteiger partial charge >= 0.3 is 0 Å². The number of nitrogen functional groups attached to an aromatic ring is 1. The van der Waals surface area contributed by atoms with Crippen molar-refractivity contribution in [1.82, 2.24) is 4.98 Å². The topological polar surface area (TPSA) is 38.9 Å². The van der Waals surface area contributed by atoms with Crippen LogP contribution < -0.4 is 5.73 Å². The predicted molar refractivity (Wildman–Crippen MR) is 56.2 cm³/mol. The van der Waals surface area contributed by atoms with Crippen LogP contribution in [0.25, 0.3) is 10.9 Å². The maximum atomic E-state index is 5.94. The fourth-order valence-corrected chi connectivity index (χ4v) is 1.52. The first-order valence-corrected chi connectivity index (χ1v) is 4.44. The quantitative estimate of drug-likeness (QED) is 0.682. The van der Waals surface area contributed by atoms with Gasteiger partial charge in [0.05, 0.1) is 16.2 Å². The highest BCUT2D eigenvalue weighted by molar-refractivity contribution is 6.36. The number of hydrogen-bond donors (Lipinski definition) is 1. The SMILES string of the molecule is Nc1cc2c(Cl)cccc2nc1Cl. The molecular formula is C9H6Cl2N2. The summed E-state index contributed by atoms with van der Waals surface area (Å²) in [7, 11) is 0. The van der Waals surface area contributed by atoms with E-state index in [1.165, 1.54) is 0 Å². The third-order valence-electron chi connectivity index (χ3n) is 1.79. The zero-order valence-electron chi connectivity index (χ0n) is 6.59. The van der Waals surface area contributed by atoms with Gasteiger partial charge in [-0.25, -0.2) is 4.98 Å². The minimum Gasteiger partial charge on any atom is -0.396 e. The first-order chi connectivity index (χ1) is 6.18. The zero-order chi connectivity index (χ0) is 9.42. The highest BCUT2D eigenvalue weighted by atomic mass is 35.5. The lowest BCUT2D eigenvalue weighted by Crippen LogP contribution is -1.90. The molecule has 0 bridgehead atoms. The molecule has 0 aliphatic heterocycles. The Hall–Kier alpha value is -0.990. The van der Waals surface area contributed by atoms with E-state index >= 15 is 0 Å². The summed E-state index contributed by atoms with van der Waals surface area (Å²) in [6.07, 6.45) is 0. The zero-order valence-corrected chi connectivity index (χ0v) is 8.10. The number of halogens is 2. The van der Waals surface area contributed by atoms with Crippen LogP contribution in [-0.4, -0.2) is 4.98 Å². The van der Waals surface area contributed by atoms with E-state index in [4.69, 9.17) is 28.9 Å². The Kier molecular flexibility index (Phi) is 2.02. The molecule has 0 spiro atoms. The summed E-state index contributed by atoms with van der Waals surface area (Å²) >= 11 is 11.7. The van der Waals surface area contributed by atoms with Gasteiger partial charge in [0.2, 0.25) is 0 Å². The van der Waals surface area contributed by atoms with Crippen LogP contribution in [0.2, 0.25) is 10.2 Å². The lowest BCUT2D eigenvalue weighted by molar-refractivity contribution is 1.41. The maximum absolute atomic E-state index is 5.94. The lowest BCUT2D eigenvalue weighted by atomic mass is 10.2. The molecule has 1 aromatic carbocycles. The number of fused-ring (bicyclic) bond motifs is 1. The molecule has 2 rings (SSSR count). The molecule has 2 N–H and O–H groups in total. The Balaban J connectivity index is 2.89. The fraction of sp³-hybridized carbons (Fsp3) is 0. The summed E-state index contributed by atoms with van der Waals surface area (Å²) in [6.45, 7) is 0. The molecule has 0 atom stereocenters. The van der Waals surface area contributed by atoms with Crippen molar-refractivity contribution in [1.29, 1.82) is 0 Å². The molecule has 2 nitrogen and oxygen atoms in total. The molecule has 13 heavy (non-hydrogen) atoms. The van der Waals surface area contributed by atoms with Crippen LogP contribution in [0.3, 0.4) is 0 Å². The third kappa shape index (κ3) is 1.43. The molecule has 0 amide bonds. The van der Waals surface area contributed by atoms with Crippen LogP contribution in [0.15, 0.2) is 24.3 Å². The minimum atomic E-state index is 0.315. The van der Waals surface area contributed by atoms with Crippen molar-refractivity contribution in [3.63, 3.8) is 0 Å². The summed E-state index contributed by atoms with van der Waals surface area (Å²) in [5.41, 5.74) is 6.80. The molecule has 0 saturated heterocycles. The van der Waals surface area contributed by atoms with Crippen molar-refractivity contribution in [2.75, 3.05) is 5.73 Å². The van der Waals surface area contributed by atoms with Gasteiger partial charge in [0.15, 0.2) is 5.15 Å². The number of benzene rings is 1. The van der Waals surface area contributed by atoms with Crippen molar-refractivity contribution < 1.29 is 0 Å².